The van der Waals surface area contributed by atoms with Crippen molar-refractivity contribution in [1.29, 1.82) is 0 Å². The molecule has 0 aromatic rings. The first-order valence-electron chi connectivity index (χ1n) is 7.28. The molecular weight excluding hydrogens is 262 g/mol. The van der Waals surface area contributed by atoms with Crippen molar-refractivity contribution in [3.63, 3.8) is 0 Å². The molecule has 112 valence electrons. The van der Waals surface area contributed by atoms with E-state index in [9.17, 15) is 8.42 Å². The first-order chi connectivity index (χ1) is 8.88. The Kier molecular flexibility index (Phi) is 4.55. The third-order valence-corrected chi connectivity index (χ3v) is 6.50. The van der Waals surface area contributed by atoms with Gasteiger partial charge in [0.2, 0.25) is 0 Å². The Morgan fingerprint density at radius 3 is 2.05 bits per heavy atom. The minimum atomic E-state index is -2.82. The predicted molar refractivity (Wildman–Crippen MR) is 78.0 cm³/mol. The lowest BCUT2D eigenvalue weighted by Gasteiger charge is -2.49. The Morgan fingerprint density at radius 1 is 1.11 bits per heavy atom. The Morgan fingerprint density at radius 2 is 1.63 bits per heavy atom. The van der Waals surface area contributed by atoms with Crippen LogP contribution < -0.4 is 5.73 Å². The molecule has 0 unspecified atom stereocenters. The number of nitrogens with two attached hydrogens (primary N) is 1. The maximum Gasteiger partial charge on any atom is 0.150 e. The van der Waals surface area contributed by atoms with Gasteiger partial charge in [-0.15, -0.1) is 0 Å². The molecule has 2 saturated heterocycles. The lowest BCUT2D eigenvalue weighted by molar-refractivity contribution is 0.0201. The van der Waals surface area contributed by atoms with E-state index in [4.69, 9.17) is 5.73 Å². The smallest absolute Gasteiger partial charge is 0.150 e. The first-order valence-corrected chi connectivity index (χ1v) is 9.10. The van der Waals surface area contributed by atoms with E-state index >= 15 is 0 Å². The molecule has 19 heavy (non-hydrogen) atoms. The SMILES string of the molecule is CC(C)N1CCN(C2(CN)CCS(=O)(=O)CC2)CC1. The molecule has 0 aromatic heterocycles. The molecule has 2 heterocycles. The average Bonchev–Trinajstić information content (AvgIpc) is 2.40. The Hall–Kier alpha value is -0.170. The number of hydrogen-bond acceptors (Lipinski definition) is 5. The van der Waals surface area contributed by atoms with Gasteiger partial charge in [-0.25, -0.2) is 8.42 Å². The minimum Gasteiger partial charge on any atom is -0.329 e. The van der Waals surface area contributed by atoms with Crippen molar-refractivity contribution in [2.24, 2.45) is 5.73 Å². The van der Waals surface area contributed by atoms with Crippen molar-refractivity contribution < 1.29 is 8.42 Å². The average molecular weight is 289 g/mol. The highest BCUT2D eigenvalue weighted by Gasteiger charge is 2.41. The molecule has 6 heteroatoms. The van der Waals surface area contributed by atoms with Crippen molar-refractivity contribution in [3.8, 4) is 0 Å². The third-order valence-electron chi connectivity index (χ3n) is 4.85. The molecule has 0 saturated carbocycles. The first kappa shape index (κ1) is 15.2. The van der Waals surface area contributed by atoms with E-state index in [0.29, 0.717) is 36.9 Å². The topological polar surface area (TPSA) is 66.6 Å². The highest BCUT2D eigenvalue weighted by molar-refractivity contribution is 7.91. The molecule has 2 aliphatic heterocycles. The number of hydrogen-bond donors (Lipinski definition) is 1. The maximum absolute atomic E-state index is 11.6. The van der Waals surface area contributed by atoms with Crippen molar-refractivity contribution >= 4 is 9.84 Å². The molecule has 0 bridgehead atoms. The van der Waals surface area contributed by atoms with E-state index in [0.717, 1.165) is 26.2 Å². The highest BCUT2D eigenvalue weighted by atomic mass is 32.2. The molecule has 2 rings (SSSR count). The zero-order chi connectivity index (χ0) is 14.1. The summed E-state index contributed by atoms with van der Waals surface area (Å²) in [6.45, 7) is 9.16. The van der Waals surface area contributed by atoms with E-state index in [-0.39, 0.29) is 5.54 Å². The van der Waals surface area contributed by atoms with Gasteiger partial charge in [0.1, 0.15) is 9.84 Å². The van der Waals surface area contributed by atoms with Crippen molar-refractivity contribution in [1.82, 2.24) is 9.80 Å². The third kappa shape index (κ3) is 3.29. The van der Waals surface area contributed by atoms with Crippen LogP contribution >= 0.6 is 0 Å². The molecule has 2 fully saturated rings. The minimum absolute atomic E-state index is 0.0750. The summed E-state index contributed by atoms with van der Waals surface area (Å²) >= 11 is 0. The lowest BCUT2D eigenvalue weighted by Crippen LogP contribution is -2.63. The summed E-state index contributed by atoms with van der Waals surface area (Å²) in [5.74, 6) is 0.600. The summed E-state index contributed by atoms with van der Waals surface area (Å²) in [7, 11) is -2.82. The number of piperazine rings is 1. The number of rotatable bonds is 3. The summed E-state index contributed by atoms with van der Waals surface area (Å²) in [6, 6.07) is 0.586. The predicted octanol–water partition coefficient (Wildman–Crippen LogP) is -0.0815. The second-order valence-electron chi connectivity index (χ2n) is 6.20. The number of nitrogens with zero attached hydrogens (tertiary/aromatic N) is 2. The molecule has 2 N–H and O–H groups in total. The van der Waals surface area contributed by atoms with Gasteiger partial charge in [0.15, 0.2) is 0 Å². The van der Waals surface area contributed by atoms with Crippen molar-refractivity contribution in [2.75, 3.05) is 44.2 Å². The van der Waals surface area contributed by atoms with Crippen LogP contribution in [0.4, 0.5) is 0 Å². The van der Waals surface area contributed by atoms with Crippen LogP contribution in [0, 0.1) is 0 Å². The largest absolute Gasteiger partial charge is 0.329 e. The molecule has 5 nitrogen and oxygen atoms in total. The Balaban J connectivity index is 2.00. The van der Waals surface area contributed by atoms with Gasteiger partial charge >= 0.3 is 0 Å². The molecule has 0 aliphatic carbocycles. The summed E-state index contributed by atoms with van der Waals surface area (Å²) in [5, 5.41) is 0. The van der Waals surface area contributed by atoms with E-state index in [1.165, 1.54) is 0 Å². The second-order valence-corrected chi connectivity index (χ2v) is 8.50. The lowest BCUT2D eigenvalue weighted by atomic mass is 9.89. The van der Waals surface area contributed by atoms with Crippen molar-refractivity contribution in [2.45, 2.75) is 38.3 Å². The normalized spacial score (nSPS) is 28.6. The van der Waals surface area contributed by atoms with Crippen LogP contribution in [-0.2, 0) is 9.84 Å². The second kappa shape index (κ2) is 5.68. The van der Waals surface area contributed by atoms with Gasteiger partial charge in [0, 0.05) is 44.3 Å². The van der Waals surface area contributed by atoms with E-state index in [2.05, 4.69) is 23.6 Å². The number of sulfone groups is 1. The highest BCUT2D eigenvalue weighted by Crippen LogP contribution is 2.30. The molecule has 0 radical (unpaired) electrons. The molecule has 0 aromatic carbocycles. The summed E-state index contributed by atoms with van der Waals surface area (Å²) < 4.78 is 23.2. The standard InChI is InChI=1S/C13H27N3O2S/c1-12(2)15-5-7-16(8-6-15)13(11-14)3-9-19(17,18)10-4-13/h12H,3-11,14H2,1-2H3. The van der Waals surface area contributed by atoms with E-state index in [1.807, 2.05) is 0 Å². The quantitative estimate of drug-likeness (QED) is 0.787. The molecule has 0 atom stereocenters. The molecule has 2 aliphatic rings. The van der Waals surface area contributed by atoms with Crippen molar-refractivity contribution in [3.05, 3.63) is 0 Å². The van der Waals surface area contributed by atoms with Gasteiger partial charge in [-0.1, -0.05) is 0 Å². The van der Waals surface area contributed by atoms with E-state index in [1.54, 1.807) is 0 Å². The Labute approximate surface area is 117 Å². The monoisotopic (exact) mass is 289 g/mol. The van der Waals surface area contributed by atoms with Crippen LogP contribution in [0.25, 0.3) is 0 Å². The van der Waals surface area contributed by atoms with Gasteiger partial charge in [-0.3, -0.25) is 9.80 Å². The van der Waals surface area contributed by atoms with Gasteiger partial charge in [-0.05, 0) is 26.7 Å². The molecular formula is C13H27N3O2S. The van der Waals surface area contributed by atoms with Gasteiger partial charge in [-0.2, -0.15) is 0 Å². The van der Waals surface area contributed by atoms with Crippen LogP contribution in [0.5, 0.6) is 0 Å². The fourth-order valence-electron chi connectivity index (χ4n) is 3.28. The Bertz CT molecular complexity index is 386. The molecule has 0 amide bonds. The summed E-state index contributed by atoms with van der Waals surface area (Å²) in [4.78, 5) is 4.92. The summed E-state index contributed by atoms with van der Waals surface area (Å²) in [6.07, 6.45) is 1.40. The maximum atomic E-state index is 11.6. The zero-order valence-corrected chi connectivity index (χ0v) is 13.0. The van der Waals surface area contributed by atoms with Crippen LogP contribution in [0.3, 0.4) is 0 Å². The van der Waals surface area contributed by atoms with Gasteiger partial charge < -0.3 is 5.73 Å². The van der Waals surface area contributed by atoms with Crippen LogP contribution in [0.1, 0.15) is 26.7 Å². The van der Waals surface area contributed by atoms with Crippen LogP contribution in [0.2, 0.25) is 0 Å². The molecule has 0 spiro atoms. The van der Waals surface area contributed by atoms with Crippen LogP contribution in [-0.4, -0.2) is 74.0 Å². The van der Waals surface area contributed by atoms with Gasteiger partial charge in [0.25, 0.3) is 0 Å². The van der Waals surface area contributed by atoms with Gasteiger partial charge in [0.05, 0.1) is 11.5 Å². The van der Waals surface area contributed by atoms with E-state index < -0.39 is 9.84 Å². The fraction of sp³-hybridized carbons (Fsp3) is 1.00. The summed E-state index contributed by atoms with van der Waals surface area (Å²) in [5.41, 5.74) is 5.93. The van der Waals surface area contributed by atoms with Crippen LogP contribution in [0.15, 0.2) is 0 Å². The zero-order valence-electron chi connectivity index (χ0n) is 12.1. The fourth-order valence-corrected chi connectivity index (χ4v) is 4.87.